The first-order valence-corrected chi connectivity index (χ1v) is 5.19. The first-order chi connectivity index (χ1) is 6.51. The molecule has 0 fully saturated rings. The zero-order chi connectivity index (χ0) is 10.8. The van der Waals surface area contributed by atoms with Crippen molar-refractivity contribution in [1.82, 2.24) is 0 Å². The van der Waals surface area contributed by atoms with Gasteiger partial charge in [-0.3, -0.25) is 0 Å². The van der Waals surface area contributed by atoms with Crippen LogP contribution in [0.4, 0.5) is 4.39 Å². The fourth-order valence-corrected chi connectivity index (χ4v) is 1.69. The van der Waals surface area contributed by atoms with Gasteiger partial charge in [-0.2, -0.15) is 5.26 Å². The van der Waals surface area contributed by atoms with E-state index >= 15 is 0 Å². The van der Waals surface area contributed by atoms with Crippen LogP contribution in [0.1, 0.15) is 25.8 Å². The third-order valence-corrected chi connectivity index (χ3v) is 2.91. The molecule has 0 aliphatic carbocycles. The van der Waals surface area contributed by atoms with E-state index in [1.807, 2.05) is 13.8 Å². The molecule has 0 spiro atoms. The van der Waals surface area contributed by atoms with E-state index in [0.29, 0.717) is 10.9 Å². The molecule has 74 valence electrons. The van der Waals surface area contributed by atoms with Gasteiger partial charge in [0.25, 0.3) is 0 Å². The Morgan fingerprint density at radius 1 is 1.50 bits per heavy atom. The summed E-state index contributed by atoms with van der Waals surface area (Å²) in [6.45, 7) is 3.73. The second-order valence-electron chi connectivity index (χ2n) is 3.46. The van der Waals surface area contributed by atoms with Crippen LogP contribution in [0.25, 0.3) is 0 Å². The molecule has 1 unspecified atom stereocenters. The van der Waals surface area contributed by atoms with Gasteiger partial charge in [-0.1, -0.05) is 22.9 Å². The van der Waals surface area contributed by atoms with Gasteiger partial charge in [0.15, 0.2) is 0 Å². The van der Waals surface area contributed by atoms with Gasteiger partial charge in [-0.15, -0.1) is 0 Å². The van der Waals surface area contributed by atoms with Crippen molar-refractivity contribution in [3.63, 3.8) is 0 Å². The van der Waals surface area contributed by atoms with Crippen molar-refractivity contribution in [2.24, 2.45) is 0 Å². The van der Waals surface area contributed by atoms with Crippen molar-refractivity contribution < 1.29 is 4.39 Å². The van der Waals surface area contributed by atoms with Crippen molar-refractivity contribution in [3.8, 4) is 6.07 Å². The maximum absolute atomic E-state index is 13.1. The lowest BCUT2D eigenvalue weighted by molar-refractivity contribution is 0.571. The predicted molar refractivity (Wildman–Crippen MR) is 57.4 cm³/mol. The monoisotopic (exact) mass is 255 g/mol. The third-order valence-electron chi connectivity index (χ3n) is 2.45. The van der Waals surface area contributed by atoms with Crippen molar-refractivity contribution in [2.45, 2.75) is 25.7 Å². The summed E-state index contributed by atoms with van der Waals surface area (Å²) in [4.78, 5) is 0. The Hall–Kier alpha value is -0.880. The van der Waals surface area contributed by atoms with Crippen LogP contribution < -0.4 is 0 Å². The van der Waals surface area contributed by atoms with Crippen LogP contribution in [-0.4, -0.2) is 0 Å². The average Bonchev–Trinajstić information content (AvgIpc) is 2.15. The Kier molecular flexibility index (Phi) is 3.28. The molecule has 0 amide bonds. The highest BCUT2D eigenvalue weighted by Gasteiger charge is 2.24. The van der Waals surface area contributed by atoms with Crippen LogP contribution in [0.15, 0.2) is 22.7 Å². The smallest absolute Gasteiger partial charge is 0.124 e. The SMILES string of the molecule is CCC(C)(C#N)c1cc(F)cc(Br)c1. The number of hydrogen-bond acceptors (Lipinski definition) is 1. The highest BCUT2D eigenvalue weighted by atomic mass is 79.9. The normalized spacial score (nSPS) is 14.5. The minimum atomic E-state index is -0.607. The molecule has 0 saturated carbocycles. The summed E-state index contributed by atoms with van der Waals surface area (Å²) in [7, 11) is 0. The standard InChI is InChI=1S/C11H11BrFN/c1-3-11(2,7-14)8-4-9(12)6-10(13)5-8/h4-6H,3H2,1-2H3. The Morgan fingerprint density at radius 3 is 2.57 bits per heavy atom. The van der Waals surface area contributed by atoms with Gasteiger partial charge in [0.05, 0.1) is 11.5 Å². The Bertz CT molecular complexity index is 363. The van der Waals surface area contributed by atoms with Crippen molar-refractivity contribution in [2.75, 3.05) is 0 Å². The number of hydrogen-bond donors (Lipinski definition) is 0. The van der Waals surface area contributed by atoms with Crippen molar-refractivity contribution in [3.05, 3.63) is 34.1 Å². The minimum absolute atomic E-state index is 0.315. The summed E-state index contributed by atoms with van der Waals surface area (Å²) in [5.41, 5.74) is 0.110. The Balaban J connectivity index is 3.26. The van der Waals surface area contributed by atoms with Gasteiger partial charge in [-0.05, 0) is 37.1 Å². The zero-order valence-corrected chi connectivity index (χ0v) is 9.73. The van der Waals surface area contributed by atoms with E-state index in [2.05, 4.69) is 22.0 Å². The summed E-state index contributed by atoms with van der Waals surface area (Å²) in [5, 5.41) is 9.03. The largest absolute Gasteiger partial charge is 0.207 e. The number of halogens is 2. The van der Waals surface area contributed by atoms with Gasteiger partial charge in [0.1, 0.15) is 5.82 Å². The van der Waals surface area contributed by atoms with Crippen LogP contribution >= 0.6 is 15.9 Å². The molecule has 0 aliphatic heterocycles. The van der Waals surface area contributed by atoms with E-state index in [0.717, 1.165) is 5.56 Å². The van der Waals surface area contributed by atoms with Crippen LogP contribution in [0.3, 0.4) is 0 Å². The van der Waals surface area contributed by atoms with Crippen LogP contribution in [0, 0.1) is 17.1 Å². The van der Waals surface area contributed by atoms with E-state index in [-0.39, 0.29) is 5.82 Å². The van der Waals surface area contributed by atoms with E-state index in [9.17, 15) is 4.39 Å². The number of benzene rings is 1. The molecule has 1 atom stereocenters. The fraction of sp³-hybridized carbons (Fsp3) is 0.364. The first kappa shape index (κ1) is 11.2. The molecule has 3 heteroatoms. The summed E-state index contributed by atoms with van der Waals surface area (Å²) in [6, 6.07) is 6.80. The predicted octanol–water partition coefficient (Wildman–Crippen LogP) is 3.78. The third kappa shape index (κ3) is 2.13. The maximum Gasteiger partial charge on any atom is 0.124 e. The van der Waals surface area contributed by atoms with E-state index < -0.39 is 5.41 Å². The van der Waals surface area contributed by atoms with Crippen LogP contribution in [0.5, 0.6) is 0 Å². The molecule has 14 heavy (non-hydrogen) atoms. The lowest BCUT2D eigenvalue weighted by Gasteiger charge is -2.20. The Morgan fingerprint density at radius 2 is 2.14 bits per heavy atom. The first-order valence-electron chi connectivity index (χ1n) is 4.39. The molecule has 0 aromatic heterocycles. The van der Waals surface area contributed by atoms with E-state index in [1.54, 1.807) is 6.07 Å². The number of nitrogens with zero attached hydrogens (tertiary/aromatic N) is 1. The topological polar surface area (TPSA) is 23.8 Å². The summed E-state index contributed by atoms with van der Waals surface area (Å²) < 4.78 is 13.8. The van der Waals surface area contributed by atoms with Gasteiger partial charge in [0.2, 0.25) is 0 Å². The molecule has 0 bridgehead atoms. The zero-order valence-electron chi connectivity index (χ0n) is 8.14. The van der Waals surface area contributed by atoms with Crippen LogP contribution in [-0.2, 0) is 5.41 Å². The Labute approximate surface area is 91.7 Å². The van der Waals surface area contributed by atoms with Gasteiger partial charge < -0.3 is 0 Å². The van der Waals surface area contributed by atoms with Gasteiger partial charge in [-0.25, -0.2) is 4.39 Å². The van der Waals surface area contributed by atoms with E-state index in [4.69, 9.17) is 5.26 Å². The molecule has 0 radical (unpaired) electrons. The molecule has 0 heterocycles. The highest BCUT2D eigenvalue weighted by molar-refractivity contribution is 9.10. The molecule has 1 aromatic carbocycles. The van der Waals surface area contributed by atoms with Gasteiger partial charge in [0, 0.05) is 4.47 Å². The molecule has 0 saturated heterocycles. The fourth-order valence-electron chi connectivity index (χ4n) is 1.22. The van der Waals surface area contributed by atoms with Crippen molar-refractivity contribution in [1.29, 1.82) is 5.26 Å². The molecule has 1 nitrogen and oxygen atoms in total. The summed E-state index contributed by atoms with van der Waals surface area (Å²) in [5.74, 6) is -0.315. The highest BCUT2D eigenvalue weighted by Crippen LogP contribution is 2.29. The average molecular weight is 256 g/mol. The molecule has 0 aliphatic rings. The maximum atomic E-state index is 13.1. The quantitative estimate of drug-likeness (QED) is 0.789. The lowest BCUT2D eigenvalue weighted by atomic mass is 9.82. The second kappa shape index (κ2) is 4.10. The van der Waals surface area contributed by atoms with E-state index in [1.165, 1.54) is 12.1 Å². The number of rotatable bonds is 2. The van der Waals surface area contributed by atoms with Gasteiger partial charge >= 0.3 is 0 Å². The minimum Gasteiger partial charge on any atom is -0.207 e. The van der Waals surface area contributed by atoms with Crippen molar-refractivity contribution >= 4 is 15.9 Å². The molecular weight excluding hydrogens is 245 g/mol. The molecular formula is C11H11BrFN. The number of nitriles is 1. The summed E-state index contributed by atoms with van der Waals surface area (Å²) in [6.07, 6.45) is 0.666. The van der Waals surface area contributed by atoms with Crippen LogP contribution in [0.2, 0.25) is 0 Å². The summed E-state index contributed by atoms with van der Waals surface area (Å²) >= 11 is 3.21. The lowest BCUT2D eigenvalue weighted by Crippen LogP contribution is -2.18. The second-order valence-corrected chi connectivity index (χ2v) is 4.37. The molecule has 0 N–H and O–H groups in total. The molecule has 1 rings (SSSR count). The molecule has 1 aromatic rings.